The summed E-state index contributed by atoms with van der Waals surface area (Å²) in [4.78, 5) is 24.3. The maximum atomic E-state index is 11.1. The lowest BCUT2D eigenvalue weighted by Crippen LogP contribution is -2.00. The molecule has 6 nitrogen and oxygen atoms in total. The molecule has 7 heteroatoms. The number of benzene rings is 1. The number of carboxylic acid groups (broad SMARTS) is 1. The number of aliphatic carboxylic acids is 1. The third kappa shape index (κ3) is 2.55. The average molecular weight is 336 g/mol. The van der Waals surface area contributed by atoms with Crippen LogP contribution >= 0.6 is 11.3 Å². The van der Waals surface area contributed by atoms with Crippen molar-refractivity contribution in [3.63, 3.8) is 0 Å². The average Bonchev–Trinajstić information content (AvgIpc) is 3.23. The van der Waals surface area contributed by atoms with Crippen LogP contribution in [-0.2, 0) is 11.2 Å². The van der Waals surface area contributed by atoms with E-state index in [1.807, 2.05) is 40.4 Å². The van der Waals surface area contributed by atoms with Crippen LogP contribution < -0.4 is 0 Å². The van der Waals surface area contributed by atoms with E-state index in [1.54, 1.807) is 18.6 Å². The maximum absolute atomic E-state index is 11.1. The number of nitrogens with zero attached hydrogens (tertiary/aromatic N) is 4. The molecule has 0 saturated carbocycles. The fourth-order valence-corrected chi connectivity index (χ4v) is 3.26. The Labute approximate surface area is 141 Å². The van der Waals surface area contributed by atoms with Crippen molar-refractivity contribution in [1.82, 2.24) is 19.5 Å². The third-order valence-corrected chi connectivity index (χ3v) is 4.45. The number of thiazole rings is 1. The second kappa shape index (κ2) is 5.86. The molecule has 0 atom stereocenters. The van der Waals surface area contributed by atoms with Crippen molar-refractivity contribution < 1.29 is 9.90 Å². The number of fused-ring (bicyclic) bond motifs is 1. The monoisotopic (exact) mass is 336 g/mol. The molecule has 4 rings (SSSR count). The van der Waals surface area contributed by atoms with Gasteiger partial charge in [0.1, 0.15) is 10.7 Å². The second-order valence-corrected chi connectivity index (χ2v) is 6.11. The number of hydrogen-bond acceptors (Lipinski definition) is 5. The molecule has 0 bridgehead atoms. The van der Waals surface area contributed by atoms with E-state index in [0.717, 1.165) is 21.5 Å². The van der Waals surface area contributed by atoms with Gasteiger partial charge in [-0.2, -0.15) is 0 Å². The van der Waals surface area contributed by atoms with Crippen LogP contribution in [0, 0.1) is 0 Å². The molecule has 118 valence electrons. The van der Waals surface area contributed by atoms with Crippen molar-refractivity contribution in [2.75, 3.05) is 0 Å². The van der Waals surface area contributed by atoms with Crippen LogP contribution in [-0.4, -0.2) is 30.6 Å². The van der Waals surface area contributed by atoms with Crippen LogP contribution in [0.4, 0.5) is 0 Å². The SMILES string of the molecule is O=C(O)Cc1cn(-c2cncc(-c3nccs3)n2)c2ccccc12. The lowest BCUT2D eigenvalue weighted by Gasteiger charge is -2.05. The van der Waals surface area contributed by atoms with Gasteiger partial charge < -0.3 is 5.11 Å². The highest BCUT2D eigenvalue weighted by Gasteiger charge is 2.14. The van der Waals surface area contributed by atoms with Crippen LogP contribution in [0.2, 0.25) is 0 Å². The molecule has 1 aromatic carbocycles. The number of para-hydroxylation sites is 1. The first-order valence-corrected chi connectivity index (χ1v) is 8.13. The normalized spacial score (nSPS) is 11.0. The van der Waals surface area contributed by atoms with Gasteiger partial charge in [-0.1, -0.05) is 18.2 Å². The maximum Gasteiger partial charge on any atom is 0.307 e. The number of hydrogen-bond donors (Lipinski definition) is 1. The van der Waals surface area contributed by atoms with Crippen molar-refractivity contribution in [1.29, 1.82) is 0 Å². The molecule has 0 aliphatic heterocycles. The van der Waals surface area contributed by atoms with E-state index in [2.05, 4.69) is 15.0 Å². The Morgan fingerprint density at radius 2 is 2.12 bits per heavy atom. The second-order valence-electron chi connectivity index (χ2n) is 5.21. The van der Waals surface area contributed by atoms with E-state index < -0.39 is 5.97 Å². The standard InChI is InChI=1S/C17H12N4O2S/c22-16(23)7-11-10-21(14-4-2-1-3-12(11)14)15-9-18-8-13(20-15)17-19-5-6-24-17/h1-6,8-10H,7H2,(H,22,23). The fraction of sp³-hybridized carbons (Fsp3) is 0.0588. The van der Waals surface area contributed by atoms with Gasteiger partial charge >= 0.3 is 5.97 Å². The zero-order valence-corrected chi connectivity index (χ0v) is 13.3. The minimum absolute atomic E-state index is 0.0346. The summed E-state index contributed by atoms with van der Waals surface area (Å²) >= 11 is 1.50. The van der Waals surface area contributed by atoms with Gasteiger partial charge in [-0.05, 0) is 11.6 Å². The highest BCUT2D eigenvalue weighted by Crippen LogP contribution is 2.26. The highest BCUT2D eigenvalue weighted by molar-refractivity contribution is 7.13. The minimum Gasteiger partial charge on any atom is -0.481 e. The van der Waals surface area contributed by atoms with E-state index in [-0.39, 0.29) is 6.42 Å². The summed E-state index contributed by atoms with van der Waals surface area (Å²) in [7, 11) is 0. The Kier molecular flexibility index (Phi) is 3.55. The molecule has 0 saturated heterocycles. The molecular weight excluding hydrogens is 324 g/mol. The van der Waals surface area contributed by atoms with Crippen molar-refractivity contribution in [2.45, 2.75) is 6.42 Å². The number of carbonyl (C=O) groups is 1. The molecule has 3 heterocycles. The van der Waals surface area contributed by atoms with E-state index in [9.17, 15) is 4.79 Å². The summed E-state index contributed by atoms with van der Waals surface area (Å²) in [5.41, 5.74) is 2.35. The van der Waals surface area contributed by atoms with Crippen LogP contribution in [0.1, 0.15) is 5.56 Å². The highest BCUT2D eigenvalue weighted by atomic mass is 32.1. The van der Waals surface area contributed by atoms with Gasteiger partial charge in [0.05, 0.1) is 24.3 Å². The first-order chi connectivity index (χ1) is 11.7. The van der Waals surface area contributed by atoms with E-state index in [4.69, 9.17) is 5.11 Å². The van der Waals surface area contributed by atoms with Crippen LogP contribution in [0.5, 0.6) is 0 Å². The van der Waals surface area contributed by atoms with E-state index >= 15 is 0 Å². The molecule has 24 heavy (non-hydrogen) atoms. The molecule has 0 radical (unpaired) electrons. The lowest BCUT2D eigenvalue weighted by atomic mass is 10.1. The predicted molar refractivity (Wildman–Crippen MR) is 91.3 cm³/mol. The Morgan fingerprint density at radius 1 is 1.25 bits per heavy atom. The molecule has 0 fully saturated rings. The van der Waals surface area contributed by atoms with Gasteiger partial charge in [0.15, 0.2) is 5.82 Å². The van der Waals surface area contributed by atoms with Crippen molar-refractivity contribution >= 4 is 28.2 Å². The largest absolute Gasteiger partial charge is 0.481 e. The van der Waals surface area contributed by atoms with E-state index in [0.29, 0.717) is 11.5 Å². The summed E-state index contributed by atoms with van der Waals surface area (Å²) in [6.45, 7) is 0. The summed E-state index contributed by atoms with van der Waals surface area (Å²) in [6, 6.07) is 7.68. The first-order valence-electron chi connectivity index (χ1n) is 7.25. The molecule has 1 N–H and O–H groups in total. The van der Waals surface area contributed by atoms with Gasteiger partial charge in [-0.3, -0.25) is 14.3 Å². The van der Waals surface area contributed by atoms with Crippen LogP contribution in [0.25, 0.3) is 27.4 Å². The Balaban J connectivity index is 1.88. The smallest absolute Gasteiger partial charge is 0.307 e. The van der Waals surface area contributed by atoms with Crippen LogP contribution in [0.15, 0.2) is 54.4 Å². The zero-order chi connectivity index (χ0) is 16.5. The fourth-order valence-electron chi connectivity index (χ4n) is 2.67. The number of aromatic nitrogens is 4. The molecule has 3 aromatic heterocycles. The lowest BCUT2D eigenvalue weighted by molar-refractivity contribution is -0.136. The first kappa shape index (κ1) is 14.5. The van der Waals surface area contributed by atoms with Crippen LogP contribution in [0.3, 0.4) is 0 Å². The van der Waals surface area contributed by atoms with Crippen molar-refractivity contribution in [3.8, 4) is 16.5 Å². The molecule has 0 aliphatic carbocycles. The van der Waals surface area contributed by atoms with Crippen molar-refractivity contribution in [2.24, 2.45) is 0 Å². The summed E-state index contributed by atoms with van der Waals surface area (Å²) in [5, 5.41) is 12.7. The summed E-state index contributed by atoms with van der Waals surface area (Å²) in [6.07, 6.45) is 6.84. The quantitative estimate of drug-likeness (QED) is 0.619. The Bertz CT molecular complexity index is 1020. The van der Waals surface area contributed by atoms with Gasteiger partial charge in [0.25, 0.3) is 0 Å². The molecule has 4 aromatic rings. The van der Waals surface area contributed by atoms with Gasteiger partial charge in [-0.15, -0.1) is 11.3 Å². The molecule has 0 amide bonds. The minimum atomic E-state index is -0.861. The molecule has 0 aliphatic rings. The van der Waals surface area contributed by atoms with Crippen molar-refractivity contribution in [3.05, 3.63) is 60.0 Å². The Hall–Kier alpha value is -3.06. The summed E-state index contributed by atoms with van der Waals surface area (Å²) in [5.74, 6) is -0.226. The molecule has 0 unspecified atom stereocenters. The zero-order valence-electron chi connectivity index (χ0n) is 12.5. The molecular formula is C17H12N4O2S. The third-order valence-electron chi connectivity index (χ3n) is 3.66. The van der Waals surface area contributed by atoms with Gasteiger partial charge in [0.2, 0.25) is 0 Å². The number of carboxylic acids is 1. The van der Waals surface area contributed by atoms with E-state index in [1.165, 1.54) is 11.3 Å². The topological polar surface area (TPSA) is 80.9 Å². The van der Waals surface area contributed by atoms with Gasteiger partial charge in [-0.25, -0.2) is 9.97 Å². The number of rotatable bonds is 4. The Morgan fingerprint density at radius 3 is 2.92 bits per heavy atom. The summed E-state index contributed by atoms with van der Waals surface area (Å²) < 4.78 is 1.87. The molecule has 0 spiro atoms. The van der Waals surface area contributed by atoms with Gasteiger partial charge in [0, 0.05) is 23.2 Å². The predicted octanol–water partition coefficient (Wildman–Crippen LogP) is 3.17.